The molecule has 4 amide bonds. The Hall–Kier alpha value is -2.61. The number of urea groups is 1. The van der Waals surface area contributed by atoms with Crippen molar-refractivity contribution in [3.63, 3.8) is 0 Å². The van der Waals surface area contributed by atoms with Crippen LogP contribution in [0.5, 0.6) is 0 Å². The third-order valence-electron chi connectivity index (χ3n) is 7.52. The number of imide groups is 1. The number of aryl methyl sites for hydroxylation is 1. The zero-order valence-corrected chi connectivity index (χ0v) is 21.3. The average molecular weight is 492 g/mol. The molecule has 1 saturated heterocycles. The van der Waals surface area contributed by atoms with Gasteiger partial charge in [0.15, 0.2) is 6.10 Å². The molecule has 8 nitrogen and oxygen atoms in total. The minimum atomic E-state index is -1.12. The Morgan fingerprint density at radius 2 is 1.94 bits per heavy atom. The van der Waals surface area contributed by atoms with Gasteiger partial charge in [0.05, 0.1) is 0 Å². The van der Waals surface area contributed by atoms with E-state index in [-0.39, 0.29) is 5.41 Å². The first-order valence-corrected chi connectivity index (χ1v) is 12.2. The van der Waals surface area contributed by atoms with Gasteiger partial charge in [-0.2, -0.15) is 0 Å². The highest BCUT2D eigenvalue weighted by molar-refractivity contribution is 6.31. The highest BCUT2D eigenvalue weighted by atomic mass is 35.5. The molecule has 0 radical (unpaired) electrons. The summed E-state index contributed by atoms with van der Waals surface area (Å²) < 4.78 is 5.21. The van der Waals surface area contributed by atoms with E-state index >= 15 is 0 Å². The maximum atomic E-state index is 13.1. The van der Waals surface area contributed by atoms with E-state index in [0.29, 0.717) is 29.5 Å². The number of ether oxygens (including phenoxy) is 1. The SMILES string of the molecule is CCC(C)(C)C1CCC2(CC1)NC(=O)N(CC(=O)OC(C)C(=O)Nc1cc(Cl)ccc1C)C2=O. The third kappa shape index (κ3) is 5.37. The van der Waals surface area contributed by atoms with E-state index in [1.807, 2.05) is 6.92 Å². The zero-order valence-electron chi connectivity index (χ0n) is 20.5. The molecule has 34 heavy (non-hydrogen) atoms. The summed E-state index contributed by atoms with van der Waals surface area (Å²) >= 11 is 5.97. The Morgan fingerprint density at radius 1 is 1.29 bits per heavy atom. The van der Waals surface area contributed by atoms with Crippen molar-refractivity contribution in [3.8, 4) is 0 Å². The molecule has 1 spiro atoms. The molecule has 0 aromatic heterocycles. The summed E-state index contributed by atoms with van der Waals surface area (Å²) in [5, 5.41) is 5.96. The van der Waals surface area contributed by atoms with Gasteiger partial charge < -0.3 is 15.4 Å². The lowest BCUT2D eigenvalue weighted by Gasteiger charge is -2.42. The molecule has 1 aromatic carbocycles. The molecule has 1 unspecified atom stereocenters. The van der Waals surface area contributed by atoms with Crippen LogP contribution >= 0.6 is 11.6 Å². The van der Waals surface area contributed by atoms with E-state index in [0.717, 1.165) is 29.7 Å². The topological polar surface area (TPSA) is 105 Å². The molecular weight excluding hydrogens is 458 g/mol. The van der Waals surface area contributed by atoms with Crippen LogP contribution in [0.3, 0.4) is 0 Å². The summed E-state index contributed by atoms with van der Waals surface area (Å²) in [6.45, 7) is 9.34. The van der Waals surface area contributed by atoms with Crippen LogP contribution in [0.15, 0.2) is 18.2 Å². The van der Waals surface area contributed by atoms with Gasteiger partial charge in [-0.25, -0.2) is 4.79 Å². The van der Waals surface area contributed by atoms with Crippen molar-refractivity contribution in [1.29, 1.82) is 0 Å². The van der Waals surface area contributed by atoms with Gasteiger partial charge in [-0.15, -0.1) is 0 Å². The molecule has 186 valence electrons. The third-order valence-corrected chi connectivity index (χ3v) is 7.76. The normalized spacial score (nSPS) is 23.6. The number of esters is 1. The van der Waals surface area contributed by atoms with Gasteiger partial charge in [-0.05, 0) is 68.6 Å². The van der Waals surface area contributed by atoms with E-state index in [9.17, 15) is 19.2 Å². The van der Waals surface area contributed by atoms with Crippen LogP contribution in [0.25, 0.3) is 0 Å². The molecular formula is C25H34ClN3O5. The fourth-order valence-electron chi connectivity index (χ4n) is 4.72. The van der Waals surface area contributed by atoms with Gasteiger partial charge in [0.25, 0.3) is 11.8 Å². The summed E-state index contributed by atoms with van der Waals surface area (Å²) in [6, 6.07) is 4.48. The highest BCUT2D eigenvalue weighted by Crippen LogP contribution is 2.45. The Kier molecular flexibility index (Phi) is 7.60. The monoisotopic (exact) mass is 491 g/mol. The van der Waals surface area contributed by atoms with Crippen molar-refractivity contribution in [3.05, 3.63) is 28.8 Å². The fraction of sp³-hybridized carbons (Fsp3) is 0.600. The Balaban J connectivity index is 1.56. The molecule has 1 heterocycles. The van der Waals surface area contributed by atoms with Crippen LogP contribution in [0, 0.1) is 18.3 Å². The molecule has 1 aliphatic heterocycles. The second kappa shape index (κ2) is 9.94. The number of amides is 4. The van der Waals surface area contributed by atoms with Gasteiger partial charge in [0.2, 0.25) is 0 Å². The highest BCUT2D eigenvalue weighted by Gasteiger charge is 2.54. The fourth-order valence-corrected chi connectivity index (χ4v) is 4.89. The maximum Gasteiger partial charge on any atom is 0.327 e. The first-order valence-electron chi connectivity index (χ1n) is 11.8. The predicted molar refractivity (Wildman–Crippen MR) is 129 cm³/mol. The number of anilines is 1. The van der Waals surface area contributed by atoms with Crippen LogP contribution < -0.4 is 10.6 Å². The van der Waals surface area contributed by atoms with Gasteiger partial charge in [-0.3, -0.25) is 19.3 Å². The lowest BCUT2D eigenvalue weighted by atomic mass is 9.65. The molecule has 9 heteroatoms. The smallest absolute Gasteiger partial charge is 0.327 e. The van der Waals surface area contributed by atoms with Crippen molar-refractivity contribution in [1.82, 2.24) is 10.2 Å². The van der Waals surface area contributed by atoms with Crippen molar-refractivity contribution in [2.75, 3.05) is 11.9 Å². The first-order chi connectivity index (χ1) is 15.9. The predicted octanol–water partition coefficient (Wildman–Crippen LogP) is 4.44. The average Bonchev–Trinajstić information content (AvgIpc) is 3.00. The van der Waals surface area contributed by atoms with Gasteiger partial charge in [0, 0.05) is 10.7 Å². The summed E-state index contributed by atoms with van der Waals surface area (Å²) in [5.74, 6) is -1.28. The zero-order chi connectivity index (χ0) is 25.3. The van der Waals surface area contributed by atoms with Crippen LogP contribution in [-0.4, -0.2) is 46.9 Å². The van der Waals surface area contributed by atoms with Crippen molar-refractivity contribution in [2.24, 2.45) is 11.3 Å². The van der Waals surface area contributed by atoms with Gasteiger partial charge in [0.1, 0.15) is 12.1 Å². The Bertz CT molecular complexity index is 985. The number of benzene rings is 1. The molecule has 0 bridgehead atoms. The van der Waals surface area contributed by atoms with Crippen LogP contribution in [0.1, 0.15) is 65.4 Å². The van der Waals surface area contributed by atoms with E-state index in [1.165, 1.54) is 6.92 Å². The van der Waals surface area contributed by atoms with Crippen LogP contribution in [0.2, 0.25) is 5.02 Å². The molecule has 1 aliphatic carbocycles. The summed E-state index contributed by atoms with van der Waals surface area (Å²) in [7, 11) is 0. The van der Waals surface area contributed by atoms with Crippen molar-refractivity contribution >= 4 is 41.1 Å². The Labute approximate surface area is 205 Å². The van der Waals surface area contributed by atoms with E-state index in [2.05, 4.69) is 31.4 Å². The van der Waals surface area contributed by atoms with Crippen LogP contribution in [0.4, 0.5) is 10.5 Å². The minimum absolute atomic E-state index is 0.178. The molecule has 2 aliphatic rings. The number of rotatable bonds is 7. The summed E-state index contributed by atoms with van der Waals surface area (Å²) in [6.07, 6.45) is 2.71. The second-order valence-corrected chi connectivity index (χ2v) is 10.5. The maximum absolute atomic E-state index is 13.1. The van der Waals surface area contributed by atoms with Gasteiger partial charge >= 0.3 is 12.0 Å². The number of nitrogens with zero attached hydrogens (tertiary/aromatic N) is 1. The standard InChI is InChI=1S/C25H34ClN3O5/c1-6-24(4,5)17-9-11-25(12-10-17)22(32)29(23(33)28-25)14-20(30)34-16(3)21(31)27-19-13-18(26)8-7-15(19)2/h7-8,13,16-17H,6,9-12,14H2,1-5H3,(H,27,31)(H,28,33). The lowest BCUT2D eigenvalue weighted by molar-refractivity contribution is -0.155. The molecule has 1 atom stereocenters. The second-order valence-electron chi connectivity index (χ2n) is 10.1. The van der Waals surface area contributed by atoms with Gasteiger partial charge in [-0.1, -0.05) is 44.9 Å². The molecule has 2 fully saturated rings. The number of hydrogen-bond donors (Lipinski definition) is 2. The molecule has 1 saturated carbocycles. The number of carbonyl (C=O) groups excluding carboxylic acids is 4. The molecule has 2 N–H and O–H groups in total. The van der Waals surface area contributed by atoms with Crippen molar-refractivity contribution in [2.45, 2.75) is 78.4 Å². The summed E-state index contributed by atoms with van der Waals surface area (Å²) in [5.41, 5.74) is 0.540. The quantitative estimate of drug-likeness (QED) is 0.433. The molecule has 3 rings (SSSR count). The number of nitrogens with one attached hydrogen (secondary N) is 2. The summed E-state index contributed by atoms with van der Waals surface area (Å²) in [4.78, 5) is 51.5. The number of carbonyl (C=O) groups is 4. The van der Waals surface area contributed by atoms with E-state index in [1.54, 1.807) is 18.2 Å². The number of hydrogen-bond acceptors (Lipinski definition) is 5. The van der Waals surface area contributed by atoms with Crippen molar-refractivity contribution < 1.29 is 23.9 Å². The van der Waals surface area contributed by atoms with Crippen LogP contribution in [-0.2, 0) is 19.1 Å². The number of halogens is 1. The largest absolute Gasteiger partial charge is 0.451 e. The lowest BCUT2D eigenvalue weighted by Crippen LogP contribution is -2.51. The Morgan fingerprint density at radius 3 is 2.56 bits per heavy atom. The minimum Gasteiger partial charge on any atom is -0.451 e. The van der Waals surface area contributed by atoms with E-state index in [4.69, 9.17) is 16.3 Å². The first kappa shape index (κ1) is 26.0. The van der Waals surface area contributed by atoms with E-state index < -0.39 is 42.0 Å². The molecule has 1 aromatic rings.